The maximum Gasteiger partial charge on any atom is 0.371 e. The summed E-state index contributed by atoms with van der Waals surface area (Å²) in [6.07, 6.45) is 7.21. The van der Waals surface area contributed by atoms with Gasteiger partial charge in [0.25, 0.3) is 0 Å². The number of urea groups is 1. The molecule has 0 aliphatic heterocycles. The Bertz CT molecular complexity index is 910. The second-order valence-corrected chi connectivity index (χ2v) is 7.45. The molecule has 0 spiro atoms. The van der Waals surface area contributed by atoms with Crippen molar-refractivity contribution in [3.8, 4) is 11.3 Å². The lowest BCUT2D eigenvalue weighted by Gasteiger charge is -2.18. The summed E-state index contributed by atoms with van der Waals surface area (Å²) in [5.41, 5.74) is 2.30. The van der Waals surface area contributed by atoms with E-state index in [2.05, 4.69) is 17.2 Å². The van der Waals surface area contributed by atoms with Crippen LogP contribution in [0.3, 0.4) is 0 Å². The molecule has 1 aromatic carbocycles. The first-order chi connectivity index (χ1) is 15.5. The molecule has 7 heteroatoms. The highest BCUT2D eigenvalue weighted by Crippen LogP contribution is 2.22. The van der Waals surface area contributed by atoms with Crippen LogP contribution >= 0.6 is 0 Å². The molecule has 0 atom stereocenters. The van der Waals surface area contributed by atoms with Crippen molar-refractivity contribution >= 4 is 23.9 Å². The third-order valence-electron chi connectivity index (χ3n) is 4.95. The van der Waals surface area contributed by atoms with E-state index in [1.165, 1.54) is 30.2 Å². The zero-order chi connectivity index (χ0) is 23.3. The molecule has 2 rings (SSSR count). The fourth-order valence-corrected chi connectivity index (χ4v) is 3.14. The molecule has 0 fully saturated rings. The molecule has 1 aromatic heterocycles. The first kappa shape index (κ1) is 24.9. The number of amides is 2. The molecule has 172 valence electrons. The van der Waals surface area contributed by atoms with Crippen molar-refractivity contribution in [3.05, 3.63) is 53.8 Å². The minimum Gasteiger partial charge on any atom is -0.487 e. The van der Waals surface area contributed by atoms with Crippen LogP contribution in [0.1, 0.15) is 51.5 Å². The number of carbonyl (C=O) groups excluding carboxylic acids is 1. The lowest BCUT2D eigenvalue weighted by atomic mass is 10.1. The highest BCUT2D eigenvalue weighted by atomic mass is 16.5. The van der Waals surface area contributed by atoms with Crippen LogP contribution in [0.25, 0.3) is 17.3 Å². The van der Waals surface area contributed by atoms with Crippen LogP contribution in [-0.2, 0) is 9.53 Å². The Morgan fingerprint density at radius 2 is 1.78 bits per heavy atom. The molecule has 0 aliphatic rings. The minimum absolute atomic E-state index is 0.0987. The maximum absolute atomic E-state index is 12.4. The van der Waals surface area contributed by atoms with Crippen LogP contribution in [0.4, 0.5) is 10.6 Å². The third kappa shape index (κ3) is 7.72. The number of nitrogens with zero attached hydrogens (tertiary/aromatic N) is 2. The first-order valence-corrected chi connectivity index (χ1v) is 11.1. The van der Waals surface area contributed by atoms with Gasteiger partial charge in [-0.1, -0.05) is 62.9 Å². The summed E-state index contributed by atoms with van der Waals surface area (Å²) in [4.78, 5) is 29.8. The van der Waals surface area contributed by atoms with E-state index < -0.39 is 5.97 Å². The van der Waals surface area contributed by atoms with Crippen molar-refractivity contribution in [1.82, 2.24) is 10.3 Å². The molecule has 2 amide bonds. The summed E-state index contributed by atoms with van der Waals surface area (Å²) < 4.78 is 5.14. The molecule has 0 radical (unpaired) electrons. The van der Waals surface area contributed by atoms with Crippen molar-refractivity contribution in [3.63, 3.8) is 0 Å². The number of hydrogen-bond donors (Lipinski definition) is 2. The molecular formula is C25H33N3O4. The van der Waals surface area contributed by atoms with E-state index in [9.17, 15) is 14.7 Å². The zero-order valence-electron chi connectivity index (χ0n) is 19.1. The van der Waals surface area contributed by atoms with Crippen molar-refractivity contribution in [2.75, 3.05) is 25.1 Å². The molecule has 2 N–H and O–H groups in total. The second-order valence-electron chi connectivity index (χ2n) is 7.45. The van der Waals surface area contributed by atoms with E-state index in [4.69, 9.17) is 4.74 Å². The quantitative estimate of drug-likeness (QED) is 0.265. The van der Waals surface area contributed by atoms with Gasteiger partial charge in [0.2, 0.25) is 5.76 Å². The highest BCUT2D eigenvalue weighted by molar-refractivity contribution is 5.91. The Morgan fingerprint density at radius 3 is 2.44 bits per heavy atom. The molecule has 0 saturated carbocycles. The number of carbonyl (C=O) groups is 2. The molecule has 0 aliphatic carbocycles. The van der Waals surface area contributed by atoms with Gasteiger partial charge in [-0.05, 0) is 37.1 Å². The summed E-state index contributed by atoms with van der Waals surface area (Å²) in [7, 11) is 1.70. The summed E-state index contributed by atoms with van der Waals surface area (Å²) in [5.74, 6) is -0.648. The van der Waals surface area contributed by atoms with Crippen LogP contribution in [0.5, 0.6) is 0 Å². The minimum atomic E-state index is -1.10. The van der Waals surface area contributed by atoms with E-state index in [0.29, 0.717) is 17.9 Å². The summed E-state index contributed by atoms with van der Waals surface area (Å²) >= 11 is 0. The number of benzene rings is 1. The van der Waals surface area contributed by atoms with Gasteiger partial charge in [-0.15, -0.1) is 0 Å². The third-order valence-corrected chi connectivity index (χ3v) is 4.95. The van der Waals surface area contributed by atoms with E-state index in [-0.39, 0.29) is 18.4 Å². The topological polar surface area (TPSA) is 91.8 Å². The van der Waals surface area contributed by atoms with Gasteiger partial charge < -0.3 is 15.2 Å². The number of aromatic nitrogens is 1. The van der Waals surface area contributed by atoms with Crippen molar-refractivity contribution in [2.45, 2.75) is 46.0 Å². The van der Waals surface area contributed by atoms with Crippen LogP contribution in [0.2, 0.25) is 0 Å². The highest BCUT2D eigenvalue weighted by Gasteiger charge is 2.13. The number of ether oxygens (including phenoxy) is 1. The Kier molecular flexibility index (Phi) is 10.2. The number of nitrogens with one attached hydrogen (secondary N) is 1. The molecule has 1 heterocycles. The number of carboxylic acid groups (broad SMARTS) is 1. The standard InChI is InChI=1S/C25H33N3O4/c1-4-6-7-8-9-17-26-25(31)28(3)23-12-10-11-21(27-23)20-15-13-19(14-16-20)18-22(24(29)30)32-5-2/h10-16,18H,4-9,17H2,1-3H3,(H,26,31)(H,29,30). The predicted molar refractivity (Wildman–Crippen MR) is 127 cm³/mol. The largest absolute Gasteiger partial charge is 0.487 e. The fourth-order valence-electron chi connectivity index (χ4n) is 3.14. The number of pyridine rings is 1. The Hall–Kier alpha value is -3.35. The van der Waals surface area contributed by atoms with Gasteiger partial charge in [0, 0.05) is 19.2 Å². The zero-order valence-corrected chi connectivity index (χ0v) is 19.1. The van der Waals surface area contributed by atoms with E-state index in [0.717, 1.165) is 24.1 Å². The Labute approximate surface area is 190 Å². The molecule has 32 heavy (non-hydrogen) atoms. The SMILES string of the molecule is CCCCCCCNC(=O)N(C)c1cccc(-c2ccc(C=C(OCC)C(=O)O)cc2)n1. The number of carboxylic acids is 1. The number of aliphatic carboxylic acids is 1. The van der Waals surface area contributed by atoms with Crippen LogP contribution in [0, 0.1) is 0 Å². The van der Waals surface area contributed by atoms with Gasteiger partial charge in [0.15, 0.2) is 0 Å². The number of rotatable bonds is 12. The molecule has 0 saturated heterocycles. The monoisotopic (exact) mass is 439 g/mol. The van der Waals surface area contributed by atoms with Gasteiger partial charge in [0.05, 0.1) is 12.3 Å². The van der Waals surface area contributed by atoms with E-state index in [1.807, 2.05) is 24.3 Å². The number of hydrogen-bond acceptors (Lipinski definition) is 4. The van der Waals surface area contributed by atoms with E-state index >= 15 is 0 Å². The number of anilines is 1. The average molecular weight is 440 g/mol. The Morgan fingerprint density at radius 1 is 1.06 bits per heavy atom. The van der Waals surface area contributed by atoms with Gasteiger partial charge in [-0.3, -0.25) is 4.90 Å². The lowest BCUT2D eigenvalue weighted by molar-refractivity contribution is -0.136. The molecule has 7 nitrogen and oxygen atoms in total. The maximum atomic E-state index is 12.4. The molecule has 0 bridgehead atoms. The van der Waals surface area contributed by atoms with Crippen LogP contribution in [0.15, 0.2) is 48.2 Å². The summed E-state index contributed by atoms with van der Waals surface area (Å²) in [6.45, 7) is 4.86. The summed E-state index contributed by atoms with van der Waals surface area (Å²) in [6, 6.07) is 12.7. The van der Waals surface area contributed by atoms with Crippen LogP contribution in [-0.4, -0.2) is 42.3 Å². The smallest absolute Gasteiger partial charge is 0.371 e. The van der Waals surface area contributed by atoms with Gasteiger partial charge in [-0.2, -0.15) is 0 Å². The normalized spacial score (nSPS) is 11.2. The first-order valence-electron chi connectivity index (χ1n) is 11.1. The van der Waals surface area contributed by atoms with E-state index in [1.54, 1.807) is 32.2 Å². The fraction of sp³-hybridized carbons (Fsp3) is 0.400. The second kappa shape index (κ2) is 13.1. The Balaban J connectivity index is 2.03. The predicted octanol–water partition coefficient (Wildman–Crippen LogP) is 5.33. The van der Waals surface area contributed by atoms with Crippen molar-refractivity contribution in [1.29, 1.82) is 0 Å². The molecular weight excluding hydrogens is 406 g/mol. The van der Waals surface area contributed by atoms with Crippen LogP contribution < -0.4 is 10.2 Å². The average Bonchev–Trinajstić information content (AvgIpc) is 2.81. The van der Waals surface area contributed by atoms with Gasteiger partial charge in [-0.25, -0.2) is 14.6 Å². The summed E-state index contributed by atoms with van der Waals surface area (Å²) in [5, 5.41) is 12.1. The van der Waals surface area contributed by atoms with Crippen molar-refractivity contribution in [2.24, 2.45) is 0 Å². The number of unbranched alkanes of at least 4 members (excludes halogenated alkanes) is 4. The van der Waals surface area contributed by atoms with Gasteiger partial charge in [0.1, 0.15) is 5.82 Å². The van der Waals surface area contributed by atoms with Gasteiger partial charge >= 0.3 is 12.0 Å². The molecule has 2 aromatic rings. The van der Waals surface area contributed by atoms with Crippen molar-refractivity contribution < 1.29 is 19.4 Å². The molecule has 0 unspecified atom stereocenters. The lowest BCUT2D eigenvalue weighted by Crippen LogP contribution is -2.38.